The Labute approximate surface area is 191 Å². The number of carbonyl (C=O) groups is 1. The molecule has 3 heterocycles. The van der Waals surface area contributed by atoms with Gasteiger partial charge in [0.05, 0.1) is 12.1 Å². The van der Waals surface area contributed by atoms with Gasteiger partial charge in [-0.05, 0) is 44.4 Å². The quantitative estimate of drug-likeness (QED) is 0.553. The summed E-state index contributed by atoms with van der Waals surface area (Å²) < 4.78 is 27.4. The van der Waals surface area contributed by atoms with Crippen molar-refractivity contribution in [2.45, 2.75) is 43.7 Å². The third kappa shape index (κ3) is 5.06. The first-order chi connectivity index (χ1) is 14.8. The average molecular weight is 476 g/mol. The number of thiazole rings is 1. The van der Waals surface area contributed by atoms with Crippen molar-refractivity contribution < 1.29 is 13.2 Å². The summed E-state index contributed by atoms with van der Waals surface area (Å²) in [4.78, 5) is 17.8. The van der Waals surface area contributed by atoms with Gasteiger partial charge in [0.1, 0.15) is 4.21 Å². The van der Waals surface area contributed by atoms with E-state index in [2.05, 4.69) is 23.3 Å². The molecule has 0 unspecified atom stereocenters. The topological polar surface area (TPSA) is 79.4 Å². The van der Waals surface area contributed by atoms with Gasteiger partial charge in [0.15, 0.2) is 5.13 Å². The van der Waals surface area contributed by atoms with Crippen molar-refractivity contribution in [1.82, 2.24) is 9.29 Å². The fourth-order valence-electron chi connectivity index (χ4n) is 3.70. The molecule has 164 valence electrons. The molecule has 0 atom stereocenters. The monoisotopic (exact) mass is 475 g/mol. The Balaban J connectivity index is 1.40. The Morgan fingerprint density at radius 1 is 1.13 bits per heavy atom. The highest BCUT2D eigenvalue weighted by Gasteiger charge is 2.27. The number of hydrogen-bond acceptors (Lipinski definition) is 6. The van der Waals surface area contributed by atoms with Gasteiger partial charge in [-0.2, -0.15) is 4.31 Å². The van der Waals surface area contributed by atoms with Gasteiger partial charge in [-0.3, -0.25) is 4.79 Å². The molecule has 3 aromatic rings. The van der Waals surface area contributed by atoms with E-state index in [-0.39, 0.29) is 12.3 Å². The van der Waals surface area contributed by atoms with Gasteiger partial charge in [-0.15, -0.1) is 22.7 Å². The zero-order chi connectivity index (χ0) is 22.0. The lowest BCUT2D eigenvalue weighted by Crippen LogP contribution is -2.35. The van der Waals surface area contributed by atoms with Crippen LogP contribution in [0.5, 0.6) is 0 Å². The van der Waals surface area contributed by atoms with Crippen molar-refractivity contribution in [3.05, 3.63) is 51.7 Å². The molecule has 31 heavy (non-hydrogen) atoms. The van der Waals surface area contributed by atoms with Crippen LogP contribution in [0.25, 0.3) is 11.3 Å². The highest BCUT2D eigenvalue weighted by molar-refractivity contribution is 7.91. The van der Waals surface area contributed by atoms with Crippen LogP contribution >= 0.6 is 22.7 Å². The number of aryl methyl sites for hydroxylation is 2. The van der Waals surface area contributed by atoms with Gasteiger partial charge in [0.2, 0.25) is 5.91 Å². The lowest BCUT2D eigenvalue weighted by molar-refractivity contribution is -0.115. The second-order valence-corrected chi connectivity index (χ2v) is 12.0. The number of amides is 1. The van der Waals surface area contributed by atoms with Crippen molar-refractivity contribution in [3.63, 3.8) is 0 Å². The molecular weight excluding hydrogens is 450 g/mol. The van der Waals surface area contributed by atoms with E-state index in [1.807, 2.05) is 24.4 Å². The Hall–Kier alpha value is -2.07. The van der Waals surface area contributed by atoms with E-state index in [0.29, 0.717) is 22.4 Å². The van der Waals surface area contributed by atoms with Crippen LogP contribution in [0, 0.1) is 13.8 Å². The molecule has 0 spiro atoms. The maximum absolute atomic E-state index is 12.8. The summed E-state index contributed by atoms with van der Waals surface area (Å²) in [6, 6.07) is 9.54. The molecule has 0 aliphatic carbocycles. The summed E-state index contributed by atoms with van der Waals surface area (Å²) in [7, 11) is -3.46. The van der Waals surface area contributed by atoms with Crippen molar-refractivity contribution in [2.24, 2.45) is 0 Å². The number of aromatic nitrogens is 1. The zero-order valence-electron chi connectivity index (χ0n) is 17.6. The van der Waals surface area contributed by atoms with Crippen molar-refractivity contribution in [2.75, 3.05) is 18.4 Å². The van der Waals surface area contributed by atoms with Crippen LogP contribution in [-0.2, 0) is 21.2 Å². The Morgan fingerprint density at radius 3 is 2.65 bits per heavy atom. The fourth-order valence-corrected chi connectivity index (χ4v) is 7.45. The summed E-state index contributed by atoms with van der Waals surface area (Å²) in [6.45, 7) is 5.25. The molecule has 0 saturated carbocycles. The van der Waals surface area contributed by atoms with Crippen LogP contribution in [-0.4, -0.2) is 36.7 Å². The molecule has 1 aromatic carbocycles. The maximum Gasteiger partial charge on any atom is 0.252 e. The van der Waals surface area contributed by atoms with E-state index in [1.54, 1.807) is 16.4 Å². The maximum atomic E-state index is 12.8. The molecule has 1 aliphatic heterocycles. The van der Waals surface area contributed by atoms with Gasteiger partial charge < -0.3 is 5.32 Å². The fraction of sp³-hybridized carbons (Fsp3) is 0.364. The Morgan fingerprint density at radius 2 is 1.90 bits per heavy atom. The van der Waals surface area contributed by atoms with Crippen LogP contribution in [0.15, 0.2) is 39.9 Å². The Bertz CT molecular complexity index is 1190. The van der Waals surface area contributed by atoms with Crippen LogP contribution in [0.2, 0.25) is 0 Å². The zero-order valence-corrected chi connectivity index (χ0v) is 20.0. The van der Waals surface area contributed by atoms with Gasteiger partial charge in [-0.1, -0.05) is 30.2 Å². The molecule has 9 heteroatoms. The SMILES string of the molecule is Cc1ccc(-c2csc(NC(=O)Cc3ccc(S(=O)(=O)N4CCCCC4)s3)n2)c(C)c1. The molecule has 1 fully saturated rings. The minimum absolute atomic E-state index is 0.124. The lowest BCUT2D eigenvalue weighted by atomic mass is 10.0. The first kappa shape index (κ1) is 22.1. The molecule has 2 aromatic heterocycles. The number of piperidine rings is 1. The molecule has 4 rings (SSSR count). The van der Waals surface area contributed by atoms with Gasteiger partial charge in [-0.25, -0.2) is 13.4 Å². The highest BCUT2D eigenvalue weighted by atomic mass is 32.2. The van der Waals surface area contributed by atoms with Crippen LogP contribution in [0.1, 0.15) is 35.3 Å². The largest absolute Gasteiger partial charge is 0.302 e. The van der Waals surface area contributed by atoms with Gasteiger partial charge >= 0.3 is 0 Å². The van der Waals surface area contributed by atoms with E-state index in [9.17, 15) is 13.2 Å². The highest BCUT2D eigenvalue weighted by Crippen LogP contribution is 2.29. The summed E-state index contributed by atoms with van der Waals surface area (Å²) in [6.07, 6.45) is 3.00. The van der Waals surface area contributed by atoms with Crippen molar-refractivity contribution >= 4 is 43.7 Å². The van der Waals surface area contributed by atoms with E-state index in [0.717, 1.165) is 41.0 Å². The number of carbonyl (C=O) groups excluding carboxylic acids is 1. The second-order valence-electron chi connectivity index (χ2n) is 7.77. The Kier molecular flexibility index (Phi) is 6.57. The van der Waals surface area contributed by atoms with Crippen LogP contribution < -0.4 is 5.32 Å². The number of benzene rings is 1. The summed E-state index contributed by atoms with van der Waals surface area (Å²) >= 11 is 2.55. The number of sulfonamides is 1. The van der Waals surface area contributed by atoms with Crippen molar-refractivity contribution in [1.29, 1.82) is 0 Å². The number of nitrogens with zero attached hydrogens (tertiary/aromatic N) is 2. The van der Waals surface area contributed by atoms with Gasteiger partial charge in [0.25, 0.3) is 10.0 Å². The van der Waals surface area contributed by atoms with Gasteiger partial charge in [0, 0.05) is 28.9 Å². The molecule has 1 amide bonds. The molecule has 1 N–H and O–H groups in total. The smallest absolute Gasteiger partial charge is 0.252 e. The summed E-state index contributed by atoms with van der Waals surface area (Å²) in [5.41, 5.74) is 4.23. The number of anilines is 1. The number of thiophene rings is 1. The summed E-state index contributed by atoms with van der Waals surface area (Å²) in [5.74, 6) is -0.203. The minimum atomic E-state index is -3.46. The normalized spacial score (nSPS) is 15.2. The van der Waals surface area contributed by atoms with E-state index in [4.69, 9.17) is 0 Å². The van der Waals surface area contributed by atoms with E-state index >= 15 is 0 Å². The molecule has 1 saturated heterocycles. The molecular formula is C22H25N3O3S3. The molecule has 6 nitrogen and oxygen atoms in total. The first-order valence-corrected chi connectivity index (χ1v) is 13.4. The minimum Gasteiger partial charge on any atom is -0.302 e. The molecule has 1 aliphatic rings. The van der Waals surface area contributed by atoms with Crippen LogP contribution in [0.4, 0.5) is 5.13 Å². The van der Waals surface area contributed by atoms with E-state index in [1.165, 1.54) is 28.2 Å². The predicted molar refractivity (Wildman–Crippen MR) is 126 cm³/mol. The molecule has 0 bridgehead atoms. The lowest BCUT2D eigenvalue weighted by Gasteiger charge is -2.25. The average Bonchev–Trinajstić information content (AvgIpc) is 3.39. The third-order valence-corrected chi connectivity index (χ3v) is 9.50. The first-order valence-electron chi connectivity index (χ1n) is 10.2. The van der Waals surface area contributed by atoms with Crippen LogP contribution in [0.3, 0.4) is 0 Å². The predicted octanol–water partition coefficient (Wildman–Crippen LogP) is 4.84. The number of rotatable bonds is 6. The number of hydrogen-bond donors (Lipinski definition) is 1. The molecule has 0 radical (unpaired) electrons. The van der Waals surface area contributed by atoms with Crippen molar-refractivity contribution in [3.8, 4) is 11.3 Å². The standard InChI is InChI=1S/C22H25N3O3S3/c1-15-6-8-18(16(2)12-15)19-14-29-22(23-19)24-20(26)13-17-7-9-21(30-17)31(27,28)25-10-4-3-5-11-25/h6-9,12,14H,3-5,10-11,13H2,1-2H3,(H,23,24,26). The van der Waals surface area contributed by atoms with E-state index < -0.39 is 10.0 Å². The number of nitrogens with one attached hydrogen (secondary N) is 1. The third-order valence-electron chi connectivity index (χ3n) is 5.29. The second kappa shape index (κ2) is 9.20. The summed E-state index contributed by atoms with van der Waals surface area (Å²) in [5, 5.41) is 5.31.